The maximum absolute atomic E-state index is 13.2. The van der Waals surface area contributed by atoms with Crippen molar-refractivity contribution in [2.45, 2.75) is 56.1 Å². The highest BCUT2D eigenvalue weighted by molar-refractivity contribution is 7.10. The molecule has 170 valence electrons. The minimum atomic E-state index is -0.392. The van der Waals surface area contributed by atoms with Gasteiger partial charge in [0.25, 0.3) is 0 Å². The summed E-state index contributed by atoms with van der Waals surface area (Å²) in [4.78, 5) is 14.6. The number of benzene rings is 2. The number of amides is 1. The minimum absolute atomic E-state index is 0.0693. The van der Waals surface area contributed by atoms with E-state index in [1.807, 2.05) is 0 Å². The standard InChI is InChI=1S/C28H29NO3S/c30-27(32-18-24-21-10-4-2-8-19(21)20-9-3-5-11-22(20)24)29-28(14-6-1-7-15-28)26-23-13-17-33-25(23)12-16-31-26/h2-5,8-11,13,17,24,26H,1,6-7,12,14-16,18H2,(H,29,30). The van der Waals surface area contributed by atoms with Crippen molar-refractivity contribution in [3.8, 4) is 11.1 Å². The van der Waals surface area contributed by atoms with E-state index in [4.69, 9.17) is 9.47 Å². The number of fused-ring (bicyclic) bond motifs is 4. The number of hydrogen-bond donors (Lipinski definition) is 1. The van der Waals surface area contributed by atoms with Crippen LogP contribution in [0.15, 0.2) is 60.0 Å². The van der Waals surface area contributed by atoms with Crippen LogP contribution in [0.2, 0.25) is 0 Å². The zero-order chi connectivity index (χ0) is 22.3. The van der Waals surface area contributed by atoms with Gasteiger partial charge in [-0.3, -0.25) is 0 Å². The van der Waals surface area contributed by atoms with Crippen LogP contribution in [0.1, 0.15) is 65.7 Å². The molecule has 0 bridgehead atoms. The number of thiophene rings is 1. The van der Waals surface area contributed by atoms with Gasteiger partial charge in [0.05, 0.1) is 12.1 Å². The van der Waals surface area contributed by atoms with Gasteiger partial charge in [-0.05, 0) is 52.1 Å². The molecule has 2 aromatic carbocycles. The van der Waals surface area contributed by atoms with Crippen molar-refractivity contribution < 1.29 is 14.3 Å². The lowest BCUT2D eigenvalue weighted by molar-refractivity contribution is -0.0397. The summed E-state index contributed by atoms with van der Waals surface area (Å²) < 4.78 is 12.2. The second-order valence-corrected chi connectivity index (χ2v) is 10.5. The molecule has 4 nitrogen and oxygen atoms in total. The van der Waals surface area contributed by atoms with Crippen molar-refractivity contribution >= 4 is 17.4 Å². The number of rotatable bonds is 4. The smallest absolute Gasteiger partial charge is 0.407 e. The van der Waals surface area contributed by atoms with Crippen LogP contribution in [-0.2, 0) is 15.9 Å². The molecule has 2 heterocycles. The van der Waals surface area contributed by atoms with Crippen LogP contribution in [0.25, 0.3) is 11.1 Å². The lowest BCUT2D eigenvalue weighted by atomic mass is 9.75. The molecule has 1 saturated carbocycles. The molecule has 1 N–H and O–H groups in total. The maximum Gasteiger partial charge on any atom is 0.407 e. The van der Waals surface area contributed by atoms with Gasteiger partial charge in [-0.25, -0.2) is 4.79 Å². The summed E-state index contributed by atoms with van der Waals surface area (Å²) >= 11 is 1.80. The minimum Gasteiger partial charge on any atom is -0.449 e. The molecular weight excluding hydrogens is 430 g/mol. The number of ether oxygens (including phenoxy) is 2. The monoisotopic (exact) mass is 459 g/mol. The zero-order valence-electron chi connectivity index (χ0n) is 18.7. The Labute approximate surface area is 198 Å². The second-order valence-electron chi connectivity index (χ2n) is 9.47. The fourth-order valence-corrected chi connectivity index (χ4v) is 6.97. The fraction of sp³-hybridized carbons (Fsp3) is 0.393. The van der Waals surface area contributed by atoms with Crippen molar-refractivity contribution in [1.29, 1.82) is 0 Å². The van der Waals surface area contributed by atoms with Crippen LogP contribution >= 0.6 is 11.3 Å². The van der Waals surface area contributed by atoms with Gasteiger partial charge < -0.3 is 14.8 Å². The van der Waals surface area contributed by atoms with Gasteiger partial charge in [0.15, 0.2) is 0 Å². The zero-order valence-corrected chi connectivity index (χ0v) is 19.5. The molecule has 1 fully saturated rings. The Morgan fingerprint density at radius 3 is 2.39 bits per heavy atom. The SMILES string of the molecule is O=C(NC1(C2OCCc3sccc32)CCCCC1)OCC1c2ccccc2-c2ccccc21. The van der Waals surface area contributed by atoms with Gasteiger partial charge in [-0.15, -0.1) is 11.3 Å². The van der Waals surface area contributed by atoms with E-state index in [9.17, 15) is 4.79 Å². The normalized spacial score (nSPS) is 21.0. The highest BCUT2D eigenvalue weighted by Gasteiger charge is 2.45. The van der Waals surface area contributed by atoms with Crippen LogP contribution in [0.4, 0.5) is 4.79 Å². The van der Waals surface area contributed by atoms with E-state index in [-0.39, 0.29) is 18.1 Å². The quantitative estimate of drug-likeness (QED) is 0.478. The fourth-order valence-electron chi connectivity index (χ4n) is 6.08. The first-order valence-electron chi connectivity index (χ1n) is 12.1. The summed E-state index contributed by atoms with van der Waals surface area (Å²) in [6, 6.07) is 19.1. The number of nitrogens with one attached hydrogen (secondary N) is 1. The molecule has 1 aliphatic heterocycles. The predicted octanol–water partition coefficient (Wildman–Crippen LogP) is 6.60. The summed E-state index contributed by atoms with van der Waals surface area (Å²) in [6.07, 6.45) is 5.81. The van der Waals surface area contributed by atoms with E-state index in [0.717, 1.165) is 32.1 Å². The van der Waals surface area contributed by atoms with Gasteiger partial charge in [-0.1, -0.05) is 67.8 Å². The third-order valence-corrected chi connectivity index (χ3v) is 8.61. The molecule has 6 rings (SSSR count). The van der Waals surface area contributed by atoms with E-state index in [2.05, 4.69) is 65.3 Å². The largest absolute Gasteiger partial charge is 0.449 e. The number of carbonyl (C=O) groups is 1. The van der Waals surface area contributed by atoms with Crippen molar-refractivity contribution in [1.82, 2.24) is 5.32 Å². The molecule has 3 aromatic rings. The second kappa shape index (κ2) is 8.62. The van der Waals surface area contributed by atoms with Crippen molar-refractivity contribution in [3.05, 3.63) is 81.5 Å². The van der Waals surface area contributed by atoms with Crippen LogP contribution in [0.3, 0.4) is 0 Å². The first-order valence-corrected chi connectivity index (χ1v) is 12.9. The van der Waals surface area contributed by atoms with Crippen molar-refractivity contribution in [2.24, 2.45) is 0 Å². The highest BCUT2D eigenvalue weighted by atomic mass is 32.1. The third kappa shape index (κ3) is 3.68. The molecule has 1 aromatic heterocycles. The van der Waals surface area contributed by atoms with E-state index < -0.39 is 5.54 Å². The highest BCUT2D eigenvalue weighted by Crippen LogP contribution is 2.46. The molecular formula is C28H29NO3S. The molecule has 33 heavy (non-hydrogen) atoms. The summed E-state index contributed by atoms with van der Waals surface area (Å²) in [5.74, 6) is 0.0693. The lowest BCUT2D eigenvalue weighted by Crippen LogP contribution is -2.55. The first-order chi connectivity index (χ1) is 16.3. The van der Waals surface area contributed by atoms with E-state index in [0.29, 0.717) is 13.2 Å². The van der Waals surface area contributed by atoms with Gasteiger partial charge >= 0.3 is 6.09 Å². The summed E-state index contributed by atoms with van der Waals surface area (Å²) in [5, 5.41) is 5.47. The van der Waals surface area contributed by atoms with Crippen LogP contribution in [-0.4, -0.2) is 24.8 Å². The van der Waals surface area contributed by atoms with Crippen LogP contribution < -0.4 is 5.32 Å². The molecule has 5 heteroatoms. The Balaban J connectivity index is 1.22. The molecule has 1 unspecified atom stereocenters. The Hall–Kier alpha value is -2.63. The van der Waals surface area contributed by atoms with Crippen LogP contribution in [0.5, 0.6) is 0 Å². The average Bonchev–Trinajstić information content (AvgIpc) is 3.46. The number of carbonyl (C=O) groups excluding carboxylic acids is 1. The van der Waals surface area contributed by atoms with Gasteiger partial charge in [0, 0.05) is 17.2 Å². The van der Waals surface area contributed by atoms with Gasteiger partial charge in [-0.2, -0.15) is 0 Å². The summed E-state index contributed by atoms with van der Waals surface area (Å²) in [7, 11) is 0. The van der Waals surface area contributed by atoms with E-state index >= 15 is 0 Å². The Morgan fingerprint density at radius 1 is 0.970 bits per heavy atom. The van der Waals surface area contributed by atoms with E-state index in [1.54, 1.807) is 11.3 Å². The summed E-state index contributed by atoms with van der Waals surface area (Å²) in [5.41, 5.74) is 5.82. The lowest BCUT2D eigenvalue weighted by Gasteiger charge is -2.45. The molecule has 3 aliphatic rings. The van der Waals surface area contributed by atoms with Gasteiger partial charge in [0.1, 0.15) is 12.7 Å². The molecule has 0 spiro atoms. The average molecular weight is 460 g/mol. The summed E-state index contributed by atoms with van der Waals surface area (Å²) in [6.45, 7) is 1.05. The molecule has 1 atom stereocenters. The molecule has 2 aliphatic carbocycles. The Morgan fingerprint density at radius 2 is 1.67 bits per heavy atom. The molecule has 0 radical (unpaired) electrons. The van der Waals surface area contributed by atoms with Crippen molar-refractivity contribution in [2.75, 3.05) is 13.2 Å². The van der Waals surface area contributed by atoms with Crippen LogP contribution in [0, 0.1) is 0 Å². The van der Waals surface area contributed by atoms with Crippen molar-refractivity contribution in [3.63, 3.8) is 0 Å². The molecule has 1 amide bonds. The third-order valence-electron chi connectivity index (χ3n) is 7.62. The first kappa shape index (κ1) is 20.9. The maximum atomic E-state index is 13.2. The topological polar surface area (TPSA) is 47.6 Å². The Kier molecular flexibility index (Phi) is 5.47. The molecule has 0 saturated heterocycles. The van der Waals surface area contributed by atoms with E-state index in [1.165, 1.54) is 39.1 Å². The number of alkyl carbamates (subject to hydrolysis) is 1. The Bertz CT molecular complexity index is 1120. The predicted molar refractivity (Wildman–Crippen MR) is 131 cm³/mol. The number of hydrogen-bond acceptors (Lipinski definition) is 4. The van der Waals surface area contributed by atoms with Gasteiger partial charge in [0.2, 0.25) is 0 Å².